The van der Waals surface area contributed by atoms with Gasteiger partial charge in [-0.15, -0.1) is 0 Å². The molecule has 1 heterocycles. The average Bonchev–Trinajstić information content (AvgIpc) is 2.55. The lowest BCUT2D eigenvalue weighted by molar-refractivity contribution is 0.112. The third kappa shape index (κ3) is 2.41. The number of aldehydes is 1. The number of hydrogen-bond acceptors (Lipinski definition) is 4. The van der Waals surface area contributed by atoms with Crippen LogP contribution >= 0.6 is 0 Å². The Bertz CT molecular complexity index is 725. The van der Waals surface area contributed by atoms with Crippen LogP contribution in [0.3, 0.4) is 0 Å². The van der Waals surface area contributed by atoms with Crippen molar-refractivity contribution in [2.24, 2.45) is 0 Å². The highest BCUT2D eigenvalue weighted by Gasteiger charge is 2.16. The second-order valence-corrected chi connectivity index (χ2v) is 5.60. The predicted octanol–water partition coefficient (Wildman–Crippen LogP) is 3.26. The molecule has 1 aliphatic rings. The second-order valence-electron chi connectivity index (χ2n) is 5.60. The maximum atomic E-state index is 11.1. The summed E-state index contributed by atoms with van der Waals surface area (Å²) in [5, 5.41) is 9.92. The van der Waals surface area contributed by atoms with E-state index in [4.69, 9.17) is 4.74 Å². The zero-order chi connectivity index (χ0) is 15.7. The molecule has 1 aliphatic heterocycles. The summed E-state index contributed by atoms with van der Waals surface area (Å²) >= 11 is 0. The van der Waals surface area contributed by atoms with Crippen molar-refractivity contribution in [1.29, 1.82) is 0 Å². The minimum Gasteiger partial charge on any atom is -0.504 e. The third-order valence-corrected chi connectivity index (χ3v) is 4.22. The lowest BCUT2D eigenvalue weighted by Gasteiger charge is -2.28. The maximum absolute atomic E-state index is 11.1. The molecule has 4 nitrogen and oxygen atoms in total. The van der Waals surface area contributed by atoms with E-state index < -0.39 is 0 Å². The molecule has 0 spiro atoms. The number of phenolic OH excluding ortho intramolecular Hbond substituents is 1. The van der Waals surface area contributed by atoms with Gasteiger partial charge in [-0.2, -0.15) is 0 Å². The number of carbonyl (C=O) groups is 1. The fraction of sp³-hybridized carbons (Fsp3) is 0.278. The van der Waals surface area contributed by atoms with Crippen LogP contribution in [0, 0.1) is 0 Å². The molecule has 4 heteroatoms. The van der Waals surface area contributed by atoms with Gasteiger partial charge in [0.2, 0.25) is 0 Å². The van der Waals surface area contributed by atoms with E-state index >= 15 is 0 Å². The van der Waals surface area contributed by atoms with Gasteiger partial charge in [-0.3, -0.25) is 4.79 Å². The quantitative estimate of drug-likeness (QED) is 0.883. The van der Waals surface area contributed by atoms with Crippen LogP contribution in [0.15, 0.2) is 30.3 Å². The van der Waals surface area contributed by atoms with E-state index in [2.05, 4.69) is 24.1 Å². The lowest BCUT2D eigenvalue weighted by atomic mass is 9.95. The minimum absolute atomic E-state index is 0.112. The van der Waals surface area contributed by atoms with Crippen molar-refractivity contribution in [1.82, 2.24) is 0 Å². The largest absolute Gasteiger partial charge is 0.504 e. The molecule has 114 valence electrons. The van der Waals surface area contributed by atoms with Crippen molar-refractivity contribution in [3.05, 3.63) is 41.5 Å². The number of aryl methyl sites for hydroxylation is 1. The van der Waals surface area contributed by atoms with Gasteiger partial charge in [-0.1, -0.05) is 6.07 Å². The molecule has 1 N–H and O–H groups in total. The van der Waals surface area contributed by atoms with Gasteiger partial charge >= 0.3 is 0 Å². The molecule has 2 aromatic rings. The summed E-state index contributed by atoms with van der Waals surface area (Å²) in [7, 11) is 3.58. The van der Waals surface area contributed by atoms with E-state index in [1.54, 1.807) is 12.1 Å². The van der Waals surface area contributed by atoms with E-state index in [0.717, 1.165) is 30.5 Å². The number of carbonyl (C=O) groups excluding carboxylic acids is 1. The summed E-state index contributed by atoms with van der Waals surface area (Å²) in [6, 6.07) is 9.77. The van der Waals surface area contributed by atoms with Crippen LogP contribution in [-0.2, 0) is 6.42 Å². The molecule has 0 bridgehead atoms. The maximum Gasteiger partial charge on any atom is 0.168 e. The standard InChI is InChI=1S/C18H19NO3/c1-19-7-3-4-13-8-12(5-6-16(13)19)14-9-15(11-20)18(21)17(10-14)22-2/h5-6,8-11,21H,3-4,7H2,1-2H3. The summed E-state index contributed by atoms with van der Waals surface area (Å²) in [4.78, 5) is 13.4. The molecular weight excluding hydrogens is 278 g/mol. The molecule has 0 unspecified atom stereocenters. The van der Waals surface area contributed by atoms with E-state index in [0.29, 0.717) is 12.0 Å². The molecule has 0 fully saturated rings. The summed E-state index contributed by atoms with van der Waals surface area (Å²) in [5.74, 6) is 0.202. The summed E-state index contributed by atoms with van der Waals surface area (Å²) in [6.07, 6.45) is 2.85. The van der Waals surface area contributed by atoms with Crippen molar-refractivity contribution in [2.45, 2.75) is 12.8 Å². The van der Waals surface area contributed by atoms with E-state index in [-0.39, 0.29) is 11.3 Å². The molecule has 0 aliphatic carbocycles. The Morgan fingerprint density at radius 2 is 2.05 bits per heavy atom. The predicted molar refractivity (Wildman–Crippen MR) is 87.1 cm³/mol. The van der Waals surface area contributed by atoms with Crippen LogP contribution in [0.2, 0.25) is 0 Å². The van der Waals surface area contributed by atoms with Crippen molar-refractivity contribution < 1.29 is 14.6 Å². The molecular formula is C18H19NO3. The van der Waals surface area contributed by atoms with Gasteiger partial charge in [0.1, 0.15) is 0 Å². The van der Waals surface area contributed by atoms with Crippen LogP contribution in [0.25, 0.3) is 11.1 Å². The van der Waals surface area contributed by atoms with Crippen molar-refractivity contribution in [3.63, 3.8) is 0 Å². The number of nitrogens with zero attached hydrogens (tertiary/aromatic N) is 1. The number of aromatic hydroxyl groups is 1. The number of ether oxygens (including phenoxy) is 1. The zero-order valence-corrected chi connectivity index (χ0v) is 12.8. The number of anilines is 1. The monoisotopic (exact) mass is 297 g/mol. The Labute approximate surface area is 130 Å². The Balaban J connectivity index is 2.10. The van der Waals surface area contributed by atoms with Gasteiger partial charge in [-0.25, -0.2) is 0 Å². The van der Waals surface area contributed by atoms with Crippen molar-refractivity contribution >= 4 is 12.0 Å². The van der Waals surface area contributed by atoms with E-state index in [1.165, 1.54) is 18.4 Å². The van der Waals surface area contributed by atoms with Gasteiger partial charge in [0.15, 0.2) is 17.8 Å². The number of fused-ring (bicyclic) bond motifs is 1. The molecule has 0 atom stereocenters. The van der Waals surface area contributed by atoms with Gasteiger partial charge in [-0.05, 0) is 53.8 Å². The summed E-state index contributed by atoms with van der Waals surface area (Å²) in [6.45, 7) is 1.08. The van der Waals surface area contributed by atoms with E-state index in [1.807, 2.05) is 6.07 Å². The van der Waals surface area contributed by atoms with Gasteiger partial charge in [0.05, 0.1) is 12.7 Å². The van der Waals surface area contributed by atoms with Gasteiger partial charge < -0.3 is 14.7 Å². The molecule has 3 rings (SSSR count). The molecule has 22 heavy (non-hydrogen) atoms. The molecule has 0 saturated heterocycles. The van der Waals surface area contributed by atoms with Crippen LogP contribution in [0.5, 0.6) is 11.5 Å². The first kappa shape index (κ1) is 14.4. The highest BCUT2D eigenvalue weighted by molar-refractivity contribution is 5.85. The minimum atomic E-state index is -0.112. The highest BCUT2D eigenvalue weighted by atomic mass is 16.5. The average molecular weight is 297 g/mol. The second kappa shape index (κ2) is 5.72. The number of rotatable bonds is 3. The molecule has 0 amide bonds. The van der Waals surface area contributed by atoms with Crippen LogP contribution in [0.4, 0.5) is 5.69 Å². The highest BCUT2D eigenvalue weighted by Crippen LogP contribution is 2.36. The Hall–Kier alpha value is -2.49. The number of hydrogen-bond donors (Lipinski definition) is 1. The first-order valence-corrected chi connectivity index (χ1v) is 7.34. The molecule has 2 aromatic carbocycles. The SMILES string of the molecule is COc1cc(-c2ccc3c(c2)CCCN3C)cc(C=O)c1O. The molecule has 0 saturated carbocycles. The normalized spacial score (nSPS) is 13.6. The number of benzene rings is 2. The zero-order valence-electron chi connectivity index (χ0n) is 12.8. The van der Waals surface area contributed by atoms with Crippen molar-refractivity contribution in [2.75, 3.05) is 25.6 Å². The number of methoxy groups -OCH3 is 1. The number of phenols is 1. The van der Waals surface area contributed by atoms with Crippen LogP contribution < -0.4 is 9.64 Å². The summed E-state index contributed by atoms with van der Waals surface area (Å²) < 4.78 is 5.16. The Morgan fingerprint density at radius 3 is 2.77 bits per heavy atom. The first-order valence-electron chi connectivity index (χ1n) is 7.34. The van der Waals surface area contributed by atoms with E-state index in [9.17, 15) is 9.90 Å². The smallest absolute Gasteiger partial charge is 0.168 e. The van der Waals surface area contributed by atoms with Crippen LogP contribution in [0.1, 0.15) is 22.3 Å². The summed E-state index contributed by atoms with van der Waals surface area (Å²) in [5.41, 5.74) is 4.70. The molecule has 0 radical (unpaired) electrons. The topological polar surface area (TPSA) is 49.8 Å². The first-order chi connectivity index (χ1) is 10.6. The van der Waals surface area contributed by atoms with Crippen molar-refractivity contribution in [3.8, 4) is 22.6 Å². The Kier molecular flexibility index (Phi) is 3.75. The van der Waals surface area contributed by atoms with Crippen LogP contribution in [-0.4, -0.2) is 32.1 Å². The lowest BCUT2D eigenvalue weighted by Crippen LogP contribution is -2.24. The molecule has 0 aromatic heterocycles. The van der Waals surface area contributed by atoms with Gasteiger partial charge in [0.25, 0.3) is 0 Å². The van der Waals surface area contributed by atoms with Gasteiger partial charge in [0, 0.05) is 19.3 Å². The fourth-order valence-electron chi connectivity index (χ4n) is 3.01. The third-order valence-electron chi connectivity index (χ3n) is 4.22. The fourth-order valence-corrected chi connectivity index (χ4v) is 3.01. The Morgan fingerprint density at radius 1 is 1.23 bits per heavy atom.